The first kappa shape index (κ1) is 11.4. The van der Waals surface area contributed by atoms with Gasteiger partial charge in [0.05, 0.1) is 3.57 Å². The van der Waals surface area contributed by atoms with Gasteiger partial charge in [-0.3, -0.25) is 0 Å². The lowest BCUT2D eigenvalue weighted by atomic mass is 10.4. The van der Waals surface area contributed by atoms with Gasteiger partial charge in [-0.25, -0.2) is 9.97 Å². The van der Waals surface area contributed by atoms with E-state index in [-0.39, 0.29) is 0 Å². The summed E-state index contributed by atoms with van der Waals surface area (Å²) in [5.74, 6) is 2.31. The number of halogens is 1. The maximum absolute atomic E-state index is 4.35. The van der Waals surface area contributed by atoms with Gasteiger partial charge < -0.3 is 4.90 Å². The molecule has 0 saturated carbocycles. The van der Waals surface area contributed by atoms with Gasteiger partial charge in [0.1, 0.15) is 12.1 Å². The Hall–Kier alpha value is -0.0400. The predicted molar refractivity (Wildman–Crippen MR) is 73.5 cm³/mol. The summed E-state index contributed by atoms with van der Waals surface area (Å²) in [7, 11) is 0. The third-order valence-corrected chi connectivity index (χ3v) is 4.45. The van der Waals surface area contributed by atoms with E-state index in [2.05, 4.69) is 56.1 Å². The zero-order chi connectivity index (χ0) is 10.7. The fourth-order valence-electron chi connectivity index (χ4n) is 1.83. The van der Waals surface area contributed by atoms with Gasteiger partial charge in [0.25, 0.3) is 0 Å². The highest BCUT2D eigenvalue weighted by Crippen LogP contribution is 2.27. The van der Waals surface area contributed by atoms with Gasteiger partial charge in [-0.2, -0.15) is 11.8 Å². The van der Waals surface area contributed by atoms with Crippen LogP contribution in [0.5, 0.6) is 0 Å². The predicted octanol–water partition coefficient (Wildman–Crippen LogP) is 2.41. The fraction of sp³-hybridized carbons (Fsp3) is 0.600. The average molecular weight is 335 g/mol. The molecule has 0 aromatic carbocycles. The van der Waals surface area contributed by atoms with Crippen LogP contribution in [0.25, 0.3) is 0 Å². The molecular formula is C10H14IN3S. The topological polar surface area (TPSA) is 29.0 Å². The molecule has 0 amide bonds. The summed E-state index contributed by atoms with van der Waals surface area (Å²) in [4.78, 5) is 10.7. The zero-order valence-electron chi connectivity index (χ0n) is 8.69. The van der Waals surface area contributed by atoms with Gasteiger partial charge in [-0.1, -0.05) is 6.92 Å². The highest BCUT2D eigenvalue weighted by Gasteiger charge is 2.24. The minimum Gasteiger partial charge on any atom is -0.354 e. The van der Waals surface area contributed by atoms with Crippen molar-refractivity contribution in [3.8, 4) is 0 Å². The van der Waals surface area contributed by atoms with Crippen LogP contribution < -0.4 is 4.90 Å². The maximum Gasteiger partial charge on any atom is 0.145 e. The van der Waals surface area contributed by atoms with Crippen LogP contribution in [-0.2, 0) is 0 Å². The quantitative estimate of drug-likeness (QED) is 0.794. The van der Waals surface area contributed by atoms with Crippen LogP contribution in [0.1, 0.15) is 13.3 Å². The Labute approximate surface area is 108 Å². The van der Waals surface area contributed by atoms with Crippen molar-refractivity contribution in [2.75, 3.05) is 23.7 Å². The Kier molecular flexibility index (Phi) is 4.07. The van der Waals surface area contributed by atoms with Gasteiger partial charge in [0, 0.05) is 24.5 Å². The van der Waals surface area contributed by atoms with Gasteiger partial charge in [-0.05, 0) is 34.8 Å². The van der Waals surface area contributed by atoms with Crippen molar-refractivity contribution in [1.82, 2.24) is 9.97 Å². The molecule has 82 valence electrons. The molecule has 0 spiro atoms. The number of thioether (sulfide) groups is 1. The first-order valence-electron chi connectivity index (χ1n) is 5.13. The average Bonchev–Trinajstić information content (AvgIpc) is 2.68. The first-order chi connectivity index (χ1) is 7.31. The highest BCUT2D eigenvalue weighted by molar-refractivity contribution is 14.1. The van der Waals surface area contributed by atoms with Crippen molar-refractivity contribution in [1.29, 1.82) is 0 Å². The molecule has 1 atom stereocenters. The van der Waals surface area contributed by atoms with Crippen LogP contribution in [0.2, 0.25) is 0 Å². The van der Waals surface area contributed by atoms with E-state index in [1.54, 1.807) is 6.33 Å². The van der Waals surface area contributed by atoms with E-state index in [0.717, 1.165) is 27.7 Å². The second-order valence-electron chi connectivity index (χ2n) is 3.51. The molecular weight excluding hydrogens is 321 g/mol. The zero-order valence-corrected chi connectivity index (χ0v) is 11.7. The molecule has 3 nitrogen and oxygen atoms in total. The fourth-order valence-corrected chi connectivity index (χ4v) is 3.50. The van der Waals surface area contributed by atoms with Crippen LogP contribution in [0.15, 0.2) is 12.5 Å². The van der Waals surface area contributed by atoms with E-state index in [1.165, 1.54) is 12.2 Å². The van der Waals surface area contributed by atoms with E-state index in [1.807, 2.05) is 6.20 Å². The van der Waals surface area contributed by atoms with E-state index in [4.69, 9.17) is 0 Å². The van der Waals surface area contributed by atoms with Gasteiger partial charge in [0.15, 0.2) is 0 Å². The normalized spacial score (nSPS) is 20.9. The number of rotatable bonds is 3. The van der Waals surface area contributed by atoms with Crippen LogP contribution in [0.3, 0.4) is 0 Å². The van der Waals surface area contributed by atoms with Gasteiger partial charge >= 0.3 is 0 Å². The van der Waals surface area contributed by atoms with Crippen molar-refractivity contribution in [3.05, 3.63) is 16.1 Å². The summed E-state index contributed by atoms with van der Waals surface area (Å²) < 4.78 is 1.15. The molecule has 1 aromatic heterocycles. The number of anilines is 1. The number of nitrogens with zero attached hydrogens (tertiary/aromatic N) is 3. The van der Waals surface area contributed by atoms with E-state index in [0.29, 0.717) is 0 Å². The molecule has 0 bridgehead atoms. The molecule has 5 heteroatoms. The summed E-state index contributed by atoms with van der Waals surface area (Å²) in [5.41, 5.74) is 0. The Bertz CT molecular complexity index is 334. The molecule has 2 heterocycles. The Morgan fingerprint density at radius 2 is 2.53 bits per heavy atom. The third kappa shape index (κ3) is 2.75. The summed E-state index contributed by atoms with van der Waals surface area (Å²) in [5, 5.41) is 0.778. The smallest absolute Gasteiger partial charge is 0.145 e. The molecule has 2 rings (SSSR count). The monoisotopic (exact) mass is 335 g/mol. The molecule has 1 aliphatic rings. The third-order valence-electron chi connectivity index (χ3n) is 2.50. The Balaban J connectivity index is 2.04. The molecule has 1 aliphatic heterocycles. The lowest BCUT2D eigenvalue weighted by molar-refractivity contribution is 0.921. The minimum absolute atomic E-state index is 0.778. The molecule has 15 heavy (non-hydrogen) atoms. The number of hydrogen-bond acceptors (Lipinski definition) is 4. The highest BCUT2D eigenvalue weighted by atomic mass is 127. The molecule has 0 aliphatic carbocycles. The second kappa shape index (κ2) is 5.34. The molecule has 1 saturated heterocycles. The van der Waals surface area contributed by atoms with Crippen LogP contribution in [0, 0.1) is 3.57 Å². The first-order valence-corrected chi connectivity index (χ1v) is 7.26. The SMILES string of the molecule is CCSC1CCN(c2ncncc2I)C1. The molecule has 1 unspecified atom stereocenters. The summed E-state index contributed by atoms with van der Waals surface area (Å²) in [6.07, 6.45) is 4.79. The van der Waals surface area contributed by atoms with Crippen LogP contribution in [0.4, 0.5) is 5.82 Å². The maximum atomic E-state index is 4.35. The summed E-state index contributed by atoms with van der Waals surface area (Å²) in [6, 6.07) is 0. The lowest BCUT2D eigenvalue weighted by Gasteiger charge is -2.18. The summed E-state index contributed by atoms with van der Waals surface area (Å²) >= 11 is 4.36. The second-order valence-corrected chi connectivity index (χ2v) is 6.25. The van der Waals surface area contributed by atoms with Crippen molar-refractivity contribution < 1.29 is 0 Å². The summed E-state index contributed by atoms with van der Waals surface area (Å²) in [6.45, 7) is 4.48. The molecule has 0 N–H and O–H groups in total. The van der Waals surface area contributed by atoms with Crippen molar-refractivity contribution in [2.24, 2.45) is 0 Å². The molecule has 1 fully saturated rings. The van der Waals surface area contributed by atoms with Gasteiger partial charge in [0.2, 0.25) is 0 Å². The lowest BCUT2D eigenvalue weighted by Crippen LogP contribution is -2.22. The number of aromatic nitrogens is 2. The Morgan fingerprint density at radius 3 is 3.27 bits per heavy atom. The van der Waals surface area contributed by atoms with Crippen LogP contribution in [-0.4, -0.2) is 34.1 Å². The largest absolute Gasteiger partial charge is 0.354 e. The van der Waals surface area contributed by atoms with E-state index in [9.17, 15) is 0 Å². The van der Waals surface area contributed by atoms with Crippen molar-refractivity contribution >= 4 is 40.2 Å². The van der Waals surface area contributed by atoms with E-state index >= 15 is 0 Å². The van der Waals surface area contributed by atoms with Crippen LogP contribution >= 0.6 is 34.4 Å². The van der Waals surface area contributed by atoms with Crippen molar-refractivity contribution in [2.45, 2.75) is 18.6 Å². The molecule has 0 radical (unpaired) electrons. The van der Waals surface area contributed by atoms with E-state index < -0.39 is 0 Å². The van der Waals surface area contributed by atoms with Crippen molar-refractivity contribution in [3.63, 3.8) is 0 Å². The Morgan fingerprint density at radius 1 is 1.67 bits per heavy atom. The molecule has 1 aromatic rings. The number of hydrogen-bond donors (Lipinski definition) is 0. The standard InChI is InChI=1S/C10H14IN3S/c1-2-15-8-3-4-14(6-8)10-9(11)5-12-7-13-10/h5,7-8H,2-4,6H2,1H3. The van der Waals surface area contributed by atoms with Gasteiger partial charge in [-0.15, -0.1) is 0 Å². The minimum atomic E-state index is 0.778.